The number of aldehydes is 1. The van der Waals surface area contributed by atoms with E-state index in [2.05, 4.69) is 71.1 Å². The summed E-state index contributed by atoms with van der Waals surface area (Å²) in [6.45, 7) is 12.9. The minimum Gasteiger partial charge on any atom is -0.457 e. The van der Waals surface area contributed by atoms with Gasteiger partial charge in [0.05, 0.1) is 6.04 Å². The van der Waals surface area contributed by atoms with E-state index in [0.29, 0.717) is 24.5 Å². The zero-order chi connectivity index (χ0) is 28.9. The molecule has 4 rings (SSSR count). The summed E-state index contributed by atoms with van der Waals surface area (Å²) >= 11 is 0. The molecule has 0 saturated heterocycles. The van der Waals surface area contributed by atoms with Crippen LogP contribution in [0.5, 0.6) is 5.75 Å². The molecule has 5 nitrogen and oxygen atoms in total. The molecule has 1 amide bonds. The SMILES string of the molecule is CC(C)(C)C[C@@H](C=O)NC(=O)C1=CCc2cc(OC3=CC=C(C(C)(C)C)CC=C3)ccc2C(CC2CCCC2)=N1. The van der Waals surface area contributed by atoms with E-state index in [-0.39, 0.29) is 16.7 Å². The normalized spacial score (nSPS) is 18.9. The summed E-state index contributed by atoms with van der Waals surface area (Å²) < 4.78 is 6.31. The van der Waals surface area contributed by atoms with Gasteiger partial charge in [0, 0.05) is 5.71 Å². The number of amides is 1. The lowest BCUT2D eigenvalue weighted by atomic mass is 9.84. The predicted octanol–water partition coefficient (Wildman–Crippen LogP) is 7.81. The Balaban J connectivity index is 1.59. The Morgan fingerprint density at radius 3 is 2.52 bits per heavy atom. The maximum atomic E-state index is 13.3. The Hall–Kier alpha value is -3.21. The standard InChI is InChI=1S/C35H46N2O3/c1-34(2,3)22-27(23-38)36-33(39)31-19-14-25-21-29(40-28-13-9-12-26(15-16-28)35(4,5)6)17-18-30(25)32(37-31)20-24-10-7-8-11-24/h9,13,15-19,21,23-24,27H,7-8,10-12,14,20,22H2,1-6H3,(H,36,39)/t27-/m0/s1. The van der Waals surface area contributed by atoms with Crippen molar-refractivity contribution >= 4 is 17.9 Å². The van der Waals surface area contributed by atoms with Crippen LogP contribution in [-0.2, 0) is 16.0 Å². The van der Waals surface area contributed by atoms with Gasteiger partial charge in [-0.25, -0.2) is 4.99 Å². The smallest absolute Gasteiger partial charge is 0.270 e. The van der Waals surface area contributed by atoms with Gasteiger partial charge in [-0.05, 0) is 90.0 Å². The molecule has 5 heteroatoms. The number of carbonyl (C=O) groups is 2. The summed E-state index contributed by atoms with van der Waals surface area (Å²) in [6.07, 6.45) is 19.0. The van der Waals surface area contributed by atoms with E-state index in [1.807, 2.05) is 24.3 Å². The largest absolute Gasteiger partial charge is 0.457 e. The van der Waals surface area contributed by atoms with Gasteiger partial charge in [0.1, 0.15) is 23.5 Å². The highest BCUT2D eigenvalue weighted by Crippen LogP contribution is 2.33. The van der Waals surface area contributed by atoms with Gasteiger partial charge >= 0.3 is 0 Å². The number of nitrogens with zero attached hydrogens (tertiary/aromatic N) is 1. The second-order valence-electron chi connectivity index (χ2n) is 13.7. The van der Waals surface area contributed by atoms with Gasteiger partial charge < -0.3 is 14.8 Å². The summed E-state index contributed by atoms with van der Waals surface area (Å²) in [5, 5.41) is 2.92. The van der Waals surface area contributed by atoms with Crippen LogP contribution < -0.4 is 10.1 Å². The molecule has 0 bridgehead atoms. The van der Waals surface area contributed by atoms with Crippen LogP contribution in [0.4, 0.5) is 0 Å². The van der Waals surface area contributed by atoms with E-state index in [4.69, 9.17) is 9.73 Å². The second kappa shape index (κ2) is 12.5. The minimum atomic E-state index is -0.540. The van der Waals surface area contributed by atoms with E-state index >= 15 is 0 Å². The third-order valence-corrected chi connectivity index (χ3v) is 7.93. The molecule has 1 fully saturated rings. The molecule has 3 aliphatic rings. The summed E-state index contributed by atoms with van der Waals surface area (Å²) in [4.78, 5) is 30.0. The van der Waals surface area contributed by atoms with E-state index < -0.39 is 6.04 Å². The van der Waals surface area contributed by atoms with Crippen molar-refractivity contribution in [1.82, 2.24) is 5.32 Å². The van der Waals surface area contributed by atoms with Crippen molar-refractivity contribution in [2.45, 2.75) is 99.0 Å². The first-order chi connectivity index (χ1) is 18.9. The lowest BCUT2D eigenvalue weighted by Crippen LogP contribution is -2.39. The van der Waals surface area contributed by atoms with Crippen molar-refractivity contribution < 1.29 is 14.3 Å². The highest BCUT2D eigenvalue weighted by Gasteiger charge is 2.25. The third kappa shape index (κ3) is 8.16. The Bertz CT molecular complexity index is 1260. The fraction of sp³-hybridized carbons (Fsp3) is 0.514. The van der Waals surface area contributed by atoms with Gasteiger partial charge in [-0.2, -0.15) is 0 Å². The summed E-state index contributed by atoms with van der Waals surface area (Å²) in [7, 11) is 0. The molecule has 2 aliphatic carbocycles. The van der Waals surface area contributed by atoms with Gasteiger partial charge in [0.25, 0.3) is 5.91 Å². The van der Waals surface area contributed by atoms with Crippen LogP contribution in [0, 0.1) is 16.7 Å². The zero-order valence-corrected chi connectivity index (χ0v) is 25.2. The van der Waals surface area contributed by atoms with E-state index in [9.17, 15) is 9.59 Å². The number of carbonyl (C=O) groups excluding carboxylic acids is 2. The Morgan fingerprint density at radius 1 is 1.10 bits per heavy atom. The van der Waals surface area contributed by atoms with Crippen molar-refractivity contribution in [2.75, 3.05) is 0 Å². The Labute approximate surface area is 240 Å². The molecule has 0 aromatic heterocycles. The molecule has 1 aromatic carbocycles. The highest BCUT2D eigenvalue weighted by molar-refractivity contribution is 6.07. The lowest BCUT2D eigenvalue weighted by Gasteiger charge is -2.23. The monoisotopic (exact) mass is 542 g/mol. The molecule has 1 saturated carbocycles. The van der Waals surface area contributed by atoms with Gasteiger partial charge in [-0.1, -0.05) is 85.0 Å². The molecule has 1 aromatic rings. The predicted molar refractivity (Wildman–Crippen MR) is 163 cm³/mol. The number of aliphatic imine (C=N–C) groups is 1. The van der Waals surface area contributed by atoms with E-state index in [1.54, 1.807) is 0 Å². The van der Waals surface area contributed by atoms with Crippen LogP contribution in [0.1, 0.15) is 97.6 Å². The van der Waals surface area contributed by atoms with Crippen molar-refractivity contribution in [3.63, 3.8) is 0 Å². The van der Waals surface area contributed by atoms with E-state index in [1.165, 1.54) is 31.3 Å². The van der Waals surface area contributed by atoms with Crippen molar-refractivity contribution in [2.24, 2.45) is 21.7 Å². The van der Waals surface area contributed by atoms with Crippen LogP contribution in [0.2, 0.25) is 0 Å². The van der Waals surface area contributed by atoms with Crippen LogP contribution in [0.3, 0.4) is 0 Å². The molecule has 0 radical (unpaired) electrons. The minimum absolute atomic E-state index is 0.0771. The fourth-order valence-electron chi connectivity index (χ4n) is 5.73. The average molecular weight is 543 g/mol. The summed E-state index contributed by atoms with van der Waals surface area (Å²) in [5.74, 6) is 1.88. The molecule has 0 unspecified atom stereocenters. The van der Waals surface area contributed by atoms with Crippen LogP contribution >= 0.6 is 0 Å². The maximum Gasteiger partial charge on any atom is 0.270 e. The Kier molecular flexibility index (Phi) is 9.33. The number of hydrogen-bond acceptors (Lipinski definition) is 4. The van der Waals surface area contributed by atoms with Crippen molar-refractivity contribution in [1.29, 1.82) is 0 Å². The molecule has 1 aliphatic heterocycles. The molecular formula is C35H46N2O3. The number of hydrogen-bond donors (Lipinski definition) is 1. The molecule has 0 spiro atoms. The van der Waals surface area contributed by atoms with Gasteiger partial charge in [-0.3, -0.25) is 4.79 Å². The lowest BCUT2D eigenvalue weighted by molar-refractivity contribution is -0.121. The number of allylic oxidation sites excluding steroid dienone is 6. The molecular weight excluding hydrogens is 496 g/mol. The second-order valence-corrected chi connectivity index (χ2v) is 13.7. The highest BCUT2D eigenvalue weighted by atomic mass is 16.5. The Morgan fingerprint density at radius 2 is 1.85 bits per heavy atom. The number of nitrogens with one attached hydrogen (secondary N) is 1. The molecule has 1 heterocycles. The van der Waals surface area contributed by atoms with E-state index in [0.717, 1.165) is 47.5 Å². The molecule has 1 N–H and O–H groups in total. The third-order valence-electron chi connectivity index (χ3n) is 7.93. The number of ether oxygens (including phenoxy) is 1. The van der Waals surface area contributed by atoms with Crippen LogP contribution in [0.25, 0.3) is 0 Å². The first kappa shape index (κ1) is 29.8. The number of fused-ring (bicyclic) bond motifs is 1. The van der Waals surface area contributed by atoms with Gasteiger partial charge in [0.15, 0.2) is 0 Å². The van der Waals surface area contributed by atoms with Crippen molar-refractivity contribution in [3.05, 3.63) is 76.7 Å². The fourth-order valence-corrected chi connectivity index (χ4v) is 5.73. The van der Waals surface area contributed by atoms with Crippen molar-refractivity contribution in [3.8, 4) is 5.75 Å². The maximum absolute atomic E-state index is 13.3. The first-order valence-corrected chi connectivity index (χ1v) is 14.8. The molecule has 214 valence electrons. The topological polar surface area (TPSA) is 67.8 Å². The number of benzene rings is 1. The first-order valence-electron chi connectivity index (χ1n) is 14.8. The van der Waals surface area contributed by atoms with Gasteiger partial charge in [-0.15, -0.1) is 0 Å². The quantitative estimate of drug-likeness (QED) is 0.341. The summed E-state index contributed by atoms with van der Waals surface area (Å²) in [6, 6.07) is 5.64. The summed E-state index contributed by atoms with van der Waals surface area (Å²) in [5.41, 5.74) is 4.94. The number of rotatable bonds is 8. The molecule has 1 atom stereocenters. The van der Waals surface area contributed by atoms with Crippen LogP contribution in [-0.4, -0.2) is 23.9 Å². The van der Waals surface area contributed by atoms with Gasteiger partial charge in [0.2, 0.25) is 0 Å². The van der Waals surface area contributed by atoms with Crippen LogP contribution in [0.15, 0.2) is 70.6 Å². The zero-order valence-electron chi connectivity index (χ0n) is 25.2. The molecule has 40 heavy (non-hydrogen) atoms. The average Bonchev–Trinajstić information content (AvgIpc) is 3.17.